The first-order valence-electron chi connectivity index (χ1n) is 9.83. The molecule has 3 heteroatoms. The molecule has 1 aliphatic rings. The molecule has 0 aromatic heterocycles. The minimum absolute atomic E-state index is 0.0805. The van der Waals surface area contributed by atoms with Crippen LogP contribution in [0, 0.1) is 5.92 Å². The summed E-state index contributed by atoms with van der Waals surface area (Å²) in [4.78, 5) is 15.2. The number of amides is 1. The summed E-state index contributed by atoms with van der Waals surface area (Å²) in [6, 6.07) is 20.7. The number of piperidine rings is 1. The van der Waals surface area contributed by atoms with Gasteiger partial charge in [0.25, 0.3) is 0 Å². The predicted octanol–water partition coefficient (Wildman–Crippen LogP) is 4.56. The summed E-state index contributed by atoms with van der Waals surface area (Å²) >= 11 is 0. The van der Waals surface area contributed by atoms with Gasteiger partial charge in [0.1, 0.15) is 0 Å². The minimum Gasteiger partial charge on any atom is -0.332 e. The quantitative estimate of drug-likeness (QED) is 0.794. The third-order valence-corrected chi connectivity index (χ3v) is 5.49. The molecule has 3 rings (SSSR count). The Morgan fingerprint density at radius 2 is 1.65 bits per heavy atom. The lowest BCUT2D eigenvalue weighted by Gasteiger charge is -2.31. The van der Waals surface area contributed by atoms with E-state index in [-0.39, 0.29) is 11.9 Å². The van der Waals surface area contributed by atoms with Crippen molar-refractivity contribution in [2.75, 3.05) is 13.1 Å². The van der Waals surface area contributed by atoms with Crippen LogP contribution in [0.2, 0.25) is 0 Å². The zero-order chi connectivity index (χ0) is 18.2. The molecule has 26 heavy (non-hydrogen) atoms. The first kappa shape index (κ1) is 18.7. The van der Waals surface area contributed by atoms with Crippen molar-refractivity contribution in [3.63, 3.8) is 0 Å². The van der Waals surface area contributed by atoms with Gasteiger partial charge in [0.15, 0.2) is 0 Å². The molecule has 0 radical (unpaired) electrons. The number of hydrogen-bond donors (Lipinski definition) is 1. The van der Waals surface area contributed by atoms with Gasteiger partial charge in [-0.25, -0.2) is 0 Å². The highest BCUT2D eigenvalue weighted by atomic mass is 16.2. The molecule has 2 aromatic rings. The summed E-state index contributed by atoms with van der Waals surface area (Å²) in [5.41, 5.74) is 2.38. The second-order valence-electron chi connectivity index (χ2n) is 7.33. The smallest absolute Gasteiger partial charge is 0.223 e. The zero-order valence-corrected chi connectivity index (χ0v) is 15.7. The fraction of sp³-hybridized carbons (Fsp3) is 0.435. The van der Waals surface area contributed by atoms with Crippen molar-refractivity contribution in [1.29, 1.82) is 0 Å². The lowest BCUT2D eigenvalue weighted by molar-refractivity contribution is -0.134. The molecular formula is C23H30N2O. The van der Waals surface area contributed by atoms with Crippen molar-refractivity contribution in [3.05, 3.63) is 71.8 Å². The van der Waals surface area contributed by atoms with Gasteiger partial charge in [-0.3, -0.25) is 4.79 Å². The Labute approximate surface area is 157 Å². The molecule has 1 amide bonds. The molecule has 1 fully saturated rings. The first-order valence-corrected chi connectivity index (χ1v) is 9.83. The van der Waals surface area contributed by atoms with E-state index in [1.54, 1.807) is 0 Å². The topological polar surface area (TPSA) is 32.3 Å². The van der Waals surface area contributed by atoms with Crippen LogP contribution >= 0.6 is 0 Å². The zero-order valence-electron chi connectivity index (χ0n) is 15.7. The molecule has 138 valence electrons. The van der Waals surface area contributed by atoms with Crippen LogP contribution in [0.4, 0.5) is 0 Å². The Hall–Kier alpha value is -2.13. The van der Waals surface area contributed by atoms with E-state index in [2.05, 4.69) is 36.5 Å². The SMILES string of the molecule is CC(c1ccccc1)N(Cc1ccccc1)C(=O)CCC1CCNCC1. The standard InChI is InChI=1S/C23H30N2O/c1-19(22-10-6-3-7-11-22)25(18-21-8-4-2-5-9-21)23(26)13-12-20-14-16-24-17-15-20/h2-11,19-20,24H,12-18H2,1H3. The van der Waals surface area contributed by atoms with E-state index >= 15 is 0 Å². The van der Waals surface area contributed by atoms with Gasteiger partial charge in [-0.1, -0.05) is 60.7 Å². The van der Waals surface area contributed by atoms with Crippen LogP contribution in [0.15, 0.2) is 60.7 Å². The van der Waals surface area contributed by atoms with Gasteiger partial charge < -0.3 is 10.2 Å². The number of rotatable bonds is 7. The highest BCUT2D eigenvalue weighted by Gasteiger charge is 2.23. The maximum Gasteiger partial charge on any atom is 0.223 e. The van der Waals surface area contributed by atoms with Crippen molar-refractivity contribution < 1.29 is 4.79 Å². The van der Waals surface area contributed by atoms with E-state index < -0.39 is 0 Å². The van der Waals surface area contributed by atoms with E-state index in [0.29, 0.717) is 18.9 Å². The maximum atomic E-state index is 13.1. The van der Waals surface area contributed by atoms with Gasteiger partial charge in [-0.2, -0.15) is 0 Å². The second-order valence-corrected chi connectivity index (χ2v) is 7.33. The molecule has 1 unspecified atom stereocenters. The van der Waals surface area contributed by atoms with Crippen LogP contribution in [0.3, 0.4) is 0 Å². The number of nitrogens with one attached hydrogen (secondary N) is 1. The van der Waals surface area contributed by atoms with Crippen molar-refractivity contribution in [1.82, 2.24) is 10.2 Å². The van der Waals surface area contributed by atoms with E-state index in [1.807, 2.05) is 41.3 Å². The molecule has 2 aromatic carbocycles. The van der Waals surface area contributed by atoms with Gasteiger partial charge in [0.05, 0.1) is 6.04 Å². The fourth-order valence-corrected chi connectivity index (χ4v) is 3.77. The average Bonchev–Trinajstić information content (AvgIpc) is 2.72. The van der Waals surface area contributed by atoms with Gasteiger partial charge in [-0.15, -0.1) is 0 Å². The predicted molar refractivity (Wildman–Crippen MR) is 107 cm³/mol. The van der Waals surface area contributed by atoms with Crippen molar-refractivity contribution in [3.8, 4) is 0 Å². The van der Waals surface area contributed by atoms with Crippen LogP contribution in [-0.2, 0) is 11.3 Å². The van der Waals surface area contributed by atoms with Crippen molar-refractivity contribution in [2.45, 2.75) is 45.2 Å². The van der Waals surface area contributed by atoms with E-state index in [4.69, 9.17) is 0 Å². The monoisotopic (exact) mass is 350 g/mol. The Morgan fingerprint density at radius 3 is 2.31 bits per heavy atom. The lowest BCUT2D eigenvalue weighted by Crippen LogP contribution is -2.34. The average molecular weight is 351 g/mol. The minimum atomic E-state index is 0.0805. The molecule has 3 nitrogen and oxygen atoms in total. The third kappa shape index (κ3) is 5.18. The van der Waals surface area contributed by atoms with Crippen LogP contribution in [0.1, 0.15) is 49.8 Å². The van der Waals surface area contributed by atoms with Crippen LogP contribution in [-0.4, -0.2) is 23.9 Å². The number of nitrogens with zero attached hydrogens (tertiary/aromatic N) is 1. The van der Waals surface area contributed by atoms with Crippen LogP contribution < -0.4 is 5.32 Å². The van der Waals surface area contributed by atoms with Gasteiger partial charge in [-0.05, 0) is 56.3 Å². The maximum absolute atomic E-state index is 13.1. The highest BCUT2D eigenvalue weighted by Crippen LogP contribution is 2.25. The summed E-state index contributed by atoms with van der Waals surface area (Å²) in [7, 11) is 0. The lowest BCUT2D eigenvalue weighted by atomic mass is 9.92. The molecule has 0 saturated carbocycles. The fourth-order valence-electron chi connectivity index (χ4n) is 3.77. The van der Waals surface area contributed by atoms with Crippen molar-refractivity contribution in [2.24, 2.45) is 5.92 Å². The van der Waals surface area contributed by atoms with E-state index in [9.17, 15) is 4.79 Å². The summed E-state index contributed by atoms with van der Waals surface area (Å²) < 4.78 is 0. The van der Waals surface area contributed by atoms with Crippen molar-refractivity contribution >= 4 is 5.91 Å². The Kier molecular flexibility index (Phi) is 6.84. The third-order valence-electron chi connectivity index (χ3n) is 5.49. The van der Waals surface area contributed by atoms with Gasteiger partial charge >= 0.3 is 0 Å². The number of benzene rings is 2. The van der Waals surface area contributed by atoms with Gasteiger partial charge in [0.2, 0.25) is 5.91 Å². The second kappa shape index (κ2) is 9.54. The highest BCUT2D eigenvalue weighted by molar-refractivity contribution is 5.76. The molecule has 0 spiro atoms. The summed E-state index contributed by atoms with van der Waals surface area (Å²) in [5, 5.41) is 3.40. The van der Waals surface area contributed by atoms with Crippen LogP contribution in [0.25, 0.3) is 0 Å². The largest absolute Gasteiger partial charge is 0.332 e. The van der Waals surface area contributed by atoms with Gasteiger partial charge in [0, 0.05) is 13.0 Å². The molecule has 0 bridgehead atoms. The molecule has 1 heterocycles. The van der Waals surface area contributed by atoms with E-state index in [1.165, 1.54) is 24.0 Å². The Bertz CT molecular complexity index is 665. The number of carbonyl (C=O) groups excluding carboxylic acids is 1. The normalized spacial score (nSPS) is 16.2. The van der Waals surface area contributed by atoms with E-state index in [0.717, 1.165) is 19.5 Å². The summed E-state index contributed by atoms with van der Waals surface area (Å²) in [6.45, 7) is 4.99. The Morgan fingerprint density at radius 1 is 1.04 bits per heavy atom. The Balaban J connectivity index is 1.69. The van der Waals surface area contributed by atoms with Crippen LogP contribution in [0.5, 0.6) is 0 Å². The molecule has 1 atom stereocenters. The molecule has 1 aliphatic heterocycles. The molecular weight excluding hydrogens is 320 g/mol. The molecule has 1 saturated heterocycles. The summed E-state index contributed by atoms with van der Waals surface area (Å²) in [5.74, 6) is 0.953. The first-order chi connectivity index (χ1) is 12.7. The molecule has 0 aliphatic carbocycles. The molecule has 1 N–H and O–H groups in total. The number of hydrogen-bond acceptors (Lipinski definition) is 2. The summed E-state index contributed by atoms with van der Waals surface area (Å²) in [6.07, 6.45) is 4.04. The number of carbonyl (C=O) groups is 1.